The molecule has 1 aromatic carbocycles. The minimum atomic E-state index is -0.884. The molecule has 4 aliphatic rings. The Kier molecular flexibility index (Phi) is 10.7. The molecule has 4 atom stereocenters. The van der Waals surface area contributed by atoms with Gasteiger partial charge in [-0.2, -0.15) is 0 Å². The number of amides is 1. The van der Waals surface area contributed by atoms with Crippen LogP contribution in [-0.2, 0) is 17.6 Å². The number of aromatic nitrogens is 2. The number of aliphatic hydroxyl groups excluding tert-OH is 1. The first-order valence-electron chi connectivity index (χ1n) is 19.4. The van der Waals surface area contributed by atoms with Crippen molar-refractivity contribution in [3.8, 4) is 5.88 Å². The zero-order valence-corrected chi connectivity index (χ0v) is 30.7. The standard InChI is InChI=1S/C42H56N4O5/c1-41(2,3)23-29-20-32-35(24-42(17-11-18-42)51-39(32)44-25-29)43-26-36(47)34(21-28-12-5-4-6-13-28)45-38(48)30-22-33(37-16-9-10-19-50-37)40(49)46(27-30)31-14-7-8-15-31/h4-6,12-13,20,22,25,27,31,34-37,43,47H,7-11,14-19,21,23-24,26H2,1-3H3,(H,45,48)/t34-,35-,36+,37?/m0/s1. The van der Waals surface area contributed by atoms with Crippen molar-refractivity contribution in [2.24, 2.45) is 5.41 Å². The number of hydrogen-bond acceptors (Lipinski definition) is 7. The number of carbonyl (C=O) groups is 1. The highest BCUT2D eigenvalue weighted by Gasteiger charge is 2.46. The molecule has 2 aliphatic carbocycles. The van der Waals surface area contributed by atoms with E-state index >= 15 is 0 Å². The van der Waals surface area contributed by atoms with E-state index in [1.54, 1.807) is 16.8 Å². The zero-order chi connectivity index (χ0) is 35.6. The van der Waals surface area contributed by atoms with Gasteiger partial charge in [0.15, 0.2) is 0 Å². The van der Waals surface area contributed by atoms with Gasteiger partial charge >= 0.3 is 0 Å². The Morgan fingerprint density at radius 2 is 1.78 bits per heavy atom. The van der Waals surface area contributed by atoms with E-state index in [4.69, 9.17) is 14.5 Å². The molecule has 3 fully saturated rings. The Morgan fingerprint density at radius 3 is 2.47 bits per heavy atom. The lowest BCUT2D eigenvalue weighted by Crippen LogP contribution is -2.52. The lowest BCUT2D eigenvalue weighted by atomic mass is 9.73. The molecule has 2 saturated carbocycles. The van der Waals surface area contributed by atoms with Gasteiger partial charge in [0.2, 0.25) is 5.88 Å². The summed E-state index contributed by atoms with van der Waals surface area (Å²) in [6.45, 7) is 7.59. The van der Waals surface area contributed by atoms with E-state index in [0.29, 0.717) is 30.0 Å². The van der Waals surface area contributed by atoms with Crippen molar-refractivity contribution in [2.45, 2.75) is 140 Å². The van der Waals surface area contributed by atoms with Crippen LogP contribution in [0.15, 0.2) is 59.7 Å². The largest absolute Gasteiger partial charge is 0.471 e. The second-order valence-corrected chi connectivity index (χ2v) is 16.8. The fraction of sp³-hybridized carbons (Fsp3) is 0.595. The van der Waals surface area contributed by atoms with Gasteiger partial charge in [0, 0.05) is 55.2 Å². The molecular formula is C42H56N4O5. The number of ether oxygens (including phenoxy) is 2. The summed E-state index contributed by atoms with van der Waals surface area (Å²) >= 11 is 0. The Balaban J connectivity index is 1.13. The molecule has 1 unspecified atom stereocenters. The summed E-state index contributed by atoms with van der Waals surface area (Å²) in [6.07, 6.45) is 14.6. The summed E-state index contributed by atoms with van der Waals surface area (Å²) < 4.78 is 14.4. The molecule has 3 N–H and O–H groups in total. The van der Waals surface area contributed by atoms with E-state index in [2.05, 4.69) is 37.5 Å². The van der Waals surface area contributed by atoms with Crippen LogP contribution in [0.2, 0.25) is 0 Å². The number of benzene rings is 1. The zero-order valence-electron chi connectivity index (χ0n) is 30.7. The molecule has 0 radical (unpaired) electrons. The number of aliphatic hydroxyl groups is 1. The normalized spacial score (nSPS) is 22.8. The molecule has 1 spiro atoms. The molecule has 3 aromatic rings. The fourth-order valence-corrected chi connectivity index (χ4v) is 8.57. The second-order valence-electron chi connectivity index (χ2n) is 16.8. The van der Waals surface area contributed by atoms with Gasteiger partial charge in [-0.25, -0.2) is 4.98 Å². The number of carbonyl (C=O) groups excluding carboxylic acids is 1. The topological polar surface area (TPSA) is 115 Å². The molecule has 2 aliphatic heterocycles. The molecule has 0 bridgehead atoms. The predicted molar refractivity (Wildman–Crippen MR) is 198 cm³/mol. The summed E-state index contributed by atoms with van der Waals surface area (Å²) in [4.78, 5) is 32.8. The molecule has 4 heterocycles. The number of nitrogens with zero attached hydrogens (tertiary/aromatic N) is 2. The van der Waals surface area contributed by atoms with Crippen LogP contribution in [0.1, 0.15) is 142 Å². The van der Waals surface area contributed by atoms with Crippen molar-refractivity contribution >= 4 is 5.91 Å². The van der Waals surface area contributed by atoms with Crippen molar-refractivity contribution in [2.75, 3.05) is 13.2 Å². The van der Waals surface area contributed by atoms with E-state index in [0.717, 1.165) is 88.2 Å². The Labute approximate surface area is 302 Å². The van der Waals surface area contributed by atoms with Gasteiger partial charge in [0.25, 0.3) is 11.5 Å². The average Bonchev–Trinajstić information content (AvgIpc) is 3.65. The molecule has 1 saturated heterocycles. The third-order valence-corrected chi connectivity index (χ3v) is 11.4. The number of nitrogens with one attached hydrogen (secondary N) is 2. The molecule has 9 heteroatoms. The Hall–Kier alpha value is -3.53. The third-order valence-electron chi connectivity index (χ3n) is 11.4. The van der Waals surface area contributed by atoms with Gasteiger partial charge in [0.05, 0.1) is 23.8 Å². The molecule has 274 valence electrons. The lowest BCUT2D eigenvalue weighted by Gasteiger charge is -2.47. The molecule has 51 heavy (non-hydrogen) atoms. The van der Waals surface area contributed by atoms with Gasteiger partial charge in [-0.1, -0.05) is 63.9 Å². The summed E-state index contributed by atoms with van der Waals surface area (Å²) in [5.74, 6) is 0.398. The minimum absolute atomic E-state index is 0.0304. The molecular weight excluding hydrogens is 640 g/mol. The number of rotatable bonds is 11. The van der Waals surface area contributed by atoms with E-state index < -0.39 is 12.1 Å². The van der Waals surface area contributed by atoms with Crippen LogP contribution in [0, 0.1) is 5.41 Å². The van der Waals surface area contributed by atoms with Gasteiger partial charge in [-0.15, -0.1) is 0 Å². The first kappa shape index (κ1) is 35.9. The summed E-state index contributed by atoms with van der Waals surface area (Å²) in [5.41, 5.74) is 4.10. The number of fused-ring (bicyclic) bond motifs is 1. The highest BCUT2D eigenvalue weighted by molar-refractivity contribution is 5.94. The summed E-state index contributed by atoms with van der Waals surface area (Å²) in [6, 6.07) is 13.4. The first-order chi connectivity index (χ1) is 24.6. The molecule has 1 amide bonds. The van der Waals surface area contributed by atoms with E-state index in [1.807, 2.05) is 36.5 Å². The minimum Gasteiger partial charge on any atom is -0.471 e. The van der Waals surface area contributed by atoms with Crippen LogP contribution in [0.5, 0.6) is 5.88 Å². The van der Waals surface area contributed by atoms with Crippen LogP contribution in [0.3, 0.4) is 0 Å². The van der Waals surface area contributed by atoms with Gasteiger partial charge < -0.3 is 29.8 Å². The molecule has 2 aromatic heterocycles. The Bertz CT molecular complexity index is 1720. The highest BCUT2D eigenvalue weighted by atomic mass is 16.5. The fourth-order valence-electron chi connectivity index (χ4n) is 8.57. The van der Waals surface area contributed by atoms with Crippen LogP contribution in [0.25, 0.3) is 0 Å². The van der Waals surface area contributed by atoms with E-state index in [9.17, 15) is 14.7 Å². The molecule has 9 nitrogen and oxygen atoms in total. The summed E-state index contributed by atoms with van der Waals surface area (Å²) in [7, 11) is 0. The van der Waals surface area contributed by atoms with Crippen LogP contribution in [-0.4, -0.2) is 51.5 Å². The number of hydrogen-bond donors (Lipinski definition) is 3. The maximum atomic E-state index is 14.2. The predicted octanol–water partition coefficient (Wildman–Crippen LogP) is 6.93. The van der Waals surface area contributed by atoms with Crippen molar-refractivity contribution in [3.63, 3.8) is 0 Å². The SMILES string of the molecule is CC(C)(C)Cc1cnc2c(c1)[C@@H](NC[C@@H](O)[C@H](Cc1ccccc1)NC(=O)c1cc(C3CCCCO3)c(=O)n(C3CCCC3)c1)CC1(CCC1)O2. The maximum Gasteiger partial charge on any atom is 0.256 e. The van der Waals surface area contributed by atoms with Crippen LogP contribution in [0.4, 0.5) is 0 Å². The van der Waals surface area contributed by atoms with Crippen LogP contribution >= 0.6 is 0 Å². The monoisotopic (exact) mass is 696 g/mol. The van der Waals surface area contributed by atoms with Crippen molar-refractivity contribution in [1.29, 1.82) is 0 Å². The van der Waals surface area contributed by atoms with E-state index in [1.165, 1.54) is 5.56 Å². The Morgan fingerprint density at radius 1 is 1.02 bits per heavy atom. The van der Waals surface area contributed by atoms with Crippen molar-refractivity contribution < 1.29 is 19.4 Å². The maximum absolute atomic E-state index is 14.2. The van der Waals surface area contributed by atoms with Crippen LogP contribution < -0.4 is 20.9 Å². The quantitative estimate of drug-likeness (QED) is 0.199. The van der Waals surface area contributed by atoms with Crippen molar-refractivity contribution in [3.05, 3.63) is 93.0 Å². The van der Waals surface area contributed by atoms with E-state index in [-0.39, 0.29) is 47.2 Å². The number of pyridine rings is 2. The average molecular weight is 697 g/mol. The molecule has 7 rings (SSSR count). The van der Waals surface area contributed by atoms with Gasteiger partial charge in [-0.05, 0) is 92.9 Å². The second kappa shape index (κ2) is 15.2. The van der Waals surface area contributed by atoms with Gasteiger partial charge in [0.1, 0.15) is 5.60 Å². The highest BCUT2D eigenvalue weighted by Crippen LogP contribution is 2.48. The van der Waals surface area contributed by atoms with Crippen molar-refractivity contribution in [1.82, 2.24) is 20.2 Å². The smallest absolute Gasteiger partial charge is 0.256 e. The lowest BCUT2D eigenvalue weighted by molar-refractivity contribution is -0.0421. The summed E-state index contributed by atoms with van der Waals surface area (Å²) in [5, 5.41) is 18.8. The third kappa shape index (κ3) is 8.42. The van der Waals surface area contributed by atoms with Gasteiger partial charge in [-0.3, -0.25) is 9.59 Å². The first-order valence-corrected chi connectivity index (χ1v) is 19.4.